The zero-order valence-electron chi connectivity index (χ0n) is 16.9. The lowest BCUT2D eigenvalue weighted by molar-refractivity contribution is -0.123. The van der Waals surface area contributed by atoms with Gasteiger partial charge in [0.05, 0.1) is 12.8 Å². The smallest absolute Gasteiger partial charge is 0.359 e. The van der Waals surface area contributed by atoms with Crippen LogP contribution in [-0.4, -0.2) is 34.9 Å². The highest BCUT2D eigenvalue weighted by Crippen LogP contribution is 2.28. The second-order valence-corrected chi connectivity index (χ2v) is 7.14. The topological polar surface area (TPSA) is 82.4 Å². The molecule has 1 N–H and O–H groups in total. The zero-order valence-corrected chi connectivity index (χ0v) is 16.9. The van der Waals surface area contributed by atoms with E-state index in [1.165, 1.54) is 0 Å². The van der Waals surface area contributed by atoms with Gasteiger partial charge >= 0.3 is 5.97 Å². The van der Waals surface area contributed by atoms with Crippen LogP contribution in [0.5, 0.6) is 5.75 Å². The van der Waals surface area contributed by atoms with Crippen molar-refractivity contribution < 1.29 is 19.1 Å². The third-order valence-electron chi connectivity index (χ3n) is 5.13. The van der Waals surface area contributed by atoms with Crippen LogP contribution in [0.25, 0.3) is 5.69 Å². The maximum atomic E-state index is 12.8. The predicted molar refractivity (Wildman–Crippen MR) is 112 cm³/mol. The number of benzene rings is 2. The van der Waals surface area contributed by atoms with E-state index in [2.05, 4.69) is 10.4 Å². The summed E-state index contributed by atoms with van der Waals surface area (Å²) in [6.45, 7) is 1.55. The van der Waals surface area contributed by atoms with Crippen molar-refractivity contribution in [2.75, 3.05) is 12.4 Å². The third kappa shape index (κ3) is 3.91. The molecule has 7 heteroatoms. The van der Waals surface area contributed by atoms with Crippen molar-refractivity contribution in [3.8, 4) is 11.4 Å². The van der Waals surface area contributed by atoms with Crippen molar-refractivity contribution in [3.63, 3.8) is 0 Å². The Morgan fingerprint density at radius 1 is 1.07 bits per heavy atom. The van der Waals surface area contributed by atoms with Crippen LogP contribution in [0.15, 0.2) is 54.6 Å². The van der Waals surface area contributed by atoms with Gasteiger partial charge in [0.25, 0.3) is 5.91 Å². The minimum absolute atomic E-state index is 0.287. The Morgan fingerprint density at radius 2 is 1.80 bits per heavy atom. The van der Waals surface area contributed by atoms with E-state index in [4.69, 9.17) is 9.47 Å². The van der Waals surface area contributed by atoms with Crippen LogP contribution in [0.1, 0.15) is 35.1 Å². The first-order valence-electron chi connectivity index (χ1n) is 9.89. The first-order valence-corrected chi connectivity index (χ1v) is 9.89. The Hall–Kier alpha value is -3.61. The molecule has 7 nitrogen and oxygen atoms in total. The van der Waals surface area contributed by atoms with Gasteiger partial charge < -0.3 is 14.8 Å². The number of nitrogens with one attached hydrogen (secondary N) is 1. The molecule has 1 aliphatic rings. The van der Waals surface area contributed by atoms with Gasteiger partial charge in [-0.05, 0) is 62.6 Å². The molecule has 0 spiro atoms. The Morgan fingerprint density at radius 3 is 2.50 bits per heavy atom. The number of amides is 1. The van der Waals surface area contributed by atoms with Crippen LogP contribution >= 0.6 is 0 Å². The molecule has 4 rings (SSSR count). The third-order valence-corrected chi connectivity index (χ3v) is 5.13. The van der Waals surface area contributed by atoms with Gasteiger partial charge in [0.1, 0.15) is 5.75 Å². The molecular weight excluding hydrogens is 382 g/mol. The number of rotatable bonds is 6. The fourth-order valence-electron chi connectivity index (χ4n) is 3.57. The van der Waals surface area contributed by atoms with Gasteiger partial charge in [0.2, 0.25) is 0 Å². The molecule has 1 heterocycles. The fourth-order valence-corrected chi connectivity index (χ4v) is 3.57. The molecule has 2 aromatic carbocycles. The molecule has 1 atom stereocenters. The molecule has 0 bridgehead atoms. The average molecular weight is 405 g/mol. The number of para-hydroxylation sites is 1. The first-order chi connectivity index (χ1) is 14.6. The summed E-state index contributed by atoms with van der Waals surface area (Å²) in [7, 11) is 1.57. The first kappa shape index (κ1) is 19.7. The molecule has 0 fully saturated rings. The maximum absolute atomic E-state index is 12.8. The van der Waals surface area contributed by atoms with E-state index in [0.29, 0.717) is 11.4 Å². The standard InChI is InChI=1S/C23H23N3O4/c1-15(22(27)24-16-11-13-18(29-2)14-12-16)30-23(28)21-19-9-6-10-20(19)26(25-21)17-7-4-3-5-8-17/h3-5,7-8,11-15H,6,9-10H2,1-2H3,(H,24,27). The second-order valence-electron chi connectivity index (χ2n) is 7.14. The van der Waals surface area contributed by atoms with Crippen LogP contribution < -0.4 is 10.1 Å². The lowest BCUT2D eigenvalue weighted by Crippen LogP contribution is -2.30. The van der Waals surface area contributed by atoms with Gasteiger partial charge in [-0.1, -0.05) is 18.2 Å². The molecule has 3 aromatic rings. The normalized spacial score (nSPS) is 13.4. The van der Waals surface area contributed by atoms with Crippen LogP contribution in [0, 0.1) is 0 Å². The minimum atomic E-state index is -0.960. The average Bonchev–Trinajstić information content (AvgIpc) is 3.37. The number of nitrogens with zero attached hydrogens (tertiary/aromatic N) is 2. The largest absolute Gasteiger partial charge is 0.497 e. The van der Waals surface area contributed by atoms with Gasteiger partial charge in [-0.15, -0.1) is 0 Å². The van der Waals surface area contributed by atoms with E-state index in [0.717, 1.165) is 36.2 Å². The van der Waals surface area contributed by atoms with E-state index in [1.54, 1.807) is 43.0 Å². The van der Waals surface area contributed by atoms with Crippen molar-refractivity contribution in [2.45, 2.75) is 32.3 Å². The number of carbonyl (C=O) groups is 2. The Labute approximate surface area is 174 Å². The Balaban J connectivity index is 1.47. The number of methoxy groups -OCH3 is 1. The number of hydrogen-bond donors (Lipinski definition) is 1. The summed E-state index contributed by atoms with van der Waals surface area (Å²) in [5.74, 6) is -0.303. The van der Waals surface area contributed by atoms with Gasteiger partial charge in [0, 0.05) is 16.9 Å². The molecule has 0 radical (unpaired) electrons. The van der Waals surface area contributed by atoms with Crippen molar-refractivity contribution in [1.29, 1.82) is 0 Å². The van der Waals surface area contributed by atoms with E-state index in [1.807, 2.05) is 30.3 Å². The van der Waals surface area contributed by atoms with Gasteiger partial charge in [0.15, 0.2) is 11.8 Å². The minimum Gasteiger partial charge on any atom is -0.497 e. The van der Waals surface area contributed by atoms with Gasteiger partial charge in [-0.25, -0.2) is 9.48 Å². The van der Waals surface area contributed by atoms with Crippen molar-refractivity contribution in [1.82, 2.24) is 9.78 Å². The zero-order chi connectivity index (χ0) is 21.1. The quantitative estimate of drug-likeness (QED) is 0.634. The highest BCUT2D eigenvalue weighted by molar-refractivity contribution is 5.97. The lowest BCUT2D eigenvalue weighted by Gasteiger charge is -2.13. The number of esters is 1. The summed E-state index contributed by atoms with van der Waals surface area (Å²) in [5.41, 5.74) is 3.73. The number of hydrogen-bond acceptors (Lipinski definition) is 5. The summed E-state index contributed by atoms with van der Waals surface area (Å²) >= 11 is 0. The molecule has 1 unspecified atom stereocenters. The summed E-state index contributed by atoms with van der Waals surface area (Å²) in [5, 5.41) is 7.25. The molecular formula is C23H23N3O4. The summed E-state index contributed by atoms with van der Waals surface area (Å²) in [4.78, 5) is 25.3. The molecule has 1 amide bonds. The van der Waals surface area contributed by atoms with Crippen molar-refractivity contribution >= 4 is 17.6 Å². The number of ether oxygens (including phenoxy) is 2. The molecule has 0 saturated carbocycles. The molecule has 154 valence electrons. The van der Waals surface area contributed by atoms with Crippen LogP contribution in [-0.2, 0) is 22.4 Å². The summed E-state index contributed by atoms with van der Waals surface area (Å²) in [6, 6.07) is 16.6. The Bertz CT molecular complexity index is 1060. The number of anilines is 1. The van der Waals surface area contributed by atoms with E-state index in [9.17, 15) is 9.59 Å². The number of fused-ring (bicyclic) bond motifs is 1. The second kappa shape index (κ2) is 8.41. The number of carbonyl (C=O) groups excluding carboxylic acids is 2. The molecule has 1 aliphatic carbocycles. The van der Waals surface area contributed by atoms with Crippen molar-refractivity contribution in [3.05, 3.63) is 71.5 Å². The molecule has 0 saturated heterocycles. The van der Waals surface area contributed by atoms with Crippen molar-refractivity contribution in [2.24, 2.45) is 0 Å². The van der Waals surface area contributed by atoms with Gasteiger partial charge in [-0.3, -0.25) is 4.79 Å². The van der Waals surface area contributed by atoms with E-state index in [-0.39, 0.29) is 5.69 Å². The summed E-state index contributed by atoms with van der Waals surface area (Å²) < 4.78 is 12.3. The van der Waals surface area contributed by atoms with Crippen LogP contribution in [0.3, 0.4) is 0 Å². The molecule has 1 aromatic heterocycles. The number of aromatic nitrogens is 2. The molecule has 30 heavy (non-hydrogen) atoms. The lowest BCUT2D eigenvalue weighted by atomic mass is 10.2. The SMILES string of the molecule is COc1ccc(NC(=O)C(C)OC(=O)c2nn(-c3ccccc3)c3c2CCC3)cc1. The Kier molecular flexibility index (Phi) is 5.52. The highest BCUT2D eigenvalue weighted by Gasteiger charge is 2.29. The van der Waals surface area contributed by atoms with Crippen LogP contribution in [0.2, 0.25) is 0 Å². The van der Waals surface area contributed by atoms with Crippen LogP contribution in [0.4, 0.5) is 5.69 Å². The van der Waals surface area contributed by atoms with E-state index >= 15 is 0 Å². The monoisotopic (exact) mass is 405 g/mol. The van der Waals surface area contributed by atoms with E-state index < -0.39 is 18.0 Å². The predicted octanol–water partition coefficient (Wildman–Crippen LogP) is 3.55. The summed E-state index contributed by atoms with van der Waals surface area (Å²) in [6.07, 6.45) is 1.64. The highest BCUT2D eigenvalue weighted by atomic mass is 16.5. The fraction of sp³-hybridized carbons (Fsp3) is 0.261. The molecule has 0 aliphatic heterocycles. The van der Waals surface area contributed by atoms with Gasteiger partial charge in [-0.2, -0.15) is 5.10 Å². The maximum Gasteiger partial charge on any atom is 0.359 e.